The number of hydrogen-bond acceptors (Lipinski definition) is 11. The highest BCUT2D eigenvalue weighted by Crippen LogP contribution is 2.55. The van der Waals surface area contributed by atoms with Crippen molar-refractivity contribution in [1.29, 1.82) is 0 Å². The fourth-order valence-electron chi connectivity index (χ4n) is 8.42. The van der Waals surface area contributed by atoms with E-state index in [1.54, 1.807) is 45.0 Å². The Morgan fingerprint density at radius 3 is 1.55 bits per heavy atom. The van der Waals surface area contributed by atoms with Gasteiger partial charge in [0.25, 0.3) is 0 Å². The summed E-state index contributed by atoms with van der Waals surface area (Å²) in [5.41, 5.74) is 18.2. The molecule has 5 aromatic carbocycles. The molecule has 0 aromatic heterocycles. The zero-order valence-electron chi connectivity index (χ0n) is 39.1. The summed E-state index contributed by atoms with van der Waals surface area (Å²) < 4.78 is 49.7. The predicted molar refractivity (Wildman–Crippen MR) is 262 cm³/mol. The molecule has 2 aliphatic rings. The zero-order chi connectivity index (χ0) is 48.6. The van der Waals surface area contributed by atoms with Crippen LogP contribution in [0.2, 0.25) is 0 Å². The van der Waals surface area contributed by atoms with Crippen LogP contribution in [0.1, 0.15) is 66.8 Å². The van der Waals surface area contributed by atoms with Crippen molar-refractivity contribution in [3.05, 3.63) is 160 Å². The molecule has 16 nitrogen and oxygen atoms in total. The molecule has 0 aliphatic heterocycles. The lowest BCUT2D eigenvalue weighted by Gasteiger charge is -2.24. The fraction of sp³-hybridized carbons (Fsp3) is 0.365. The van der Waals surface area contributed by atoms with Crippen molar-refractivity contribution in [3.63, 3.8) is 0 Å². The summed E-state index contributed by atoms with van der Waals surface area (Å²) in [7, 11) is -4.20. The molecule has 0 unspecified atom stereocenters. The van der Waals surface area contributed by atoms with Gasteiger partial charge in [-0.1, -0.05) is 128 Å². The fourth-order valence-corrected chi connectivity index (χ4v) is 9.61. The smallest absolute Gasteiger partial charge is 0.379 e. The van der Waals surface area contributed by atoms with Crippen LogP contribution >= 0.6 is 7.82 Å². The molecule has 362 valence electrons. The number of nitrogens with zero attached hydrogens (tertiary/aromatic N) is 3. The Labute approximate surface area is 402 Å². The lowest BCUT2D eigenvalue weighted by Crippen LogP contribution is -2.53. The average molecular weight is 959 g/mol. The molecule has 7 rings (SSSR count). The molecule has 0 saturated carbocycles. The normalized spacial score (nSPS) is 13.7. The molecular formula is C52H59N6O10P. The second kappa shape index (κ2) is 24.9. The van der Waals surface area contributed by atoms with Crippen molar-refractivity contribution in [2.45, 2.75) is 57.7 Å². The van der Waals surface area contributed by atoms with Gasteiger partial charge in [0, 0.05) is 35.4 Å². The Hall–Kier alpha value is -6.19. The number of carbonyl (C=O) groups excluding carboxylic acids is 3. The Bertz CT molecular complexity index is 2450. The first-order chi connectivity index (χ1) is 33.5. The van der Waals surface area contributed by atoms with Crippen LogP contribution in [-0.4, -0.2) is 89.2 Å². The Kier molecular flexibility index (Phi) is 18.3. The first-order valence-corrected chi connectivity index (χ1v) is 24.6. The molecule has 69 heavy (non-hydrogen) atoms. The molecular weight excluding hydrogens is 900 g/mol. The van der Waals surface area contributed by atoms with Crippen LogP contribution in [0.25, 0.3) is 32.7 Å². The Morgan fingerprint density at radius 1 is 0.609 bits per heavy atom. The molecule has 5 aromatic rings. The third-order valence-electron chi connectivity index (χ3n) is 12.0. The van der Waals surface area contributed by atoms with Gasteiger partial charge in [-0.05, 0) is 80.6 Å². The highest BCUT2D eigenvalue weighted by Gasteiger charge is 2.37. The molecule has 0 spiro atoms. The van der Waals surface area contributed by atoms with E-state index in [1.165, 1.54) is 0 Å². The number of phosphoric acid groups is 1. The number of amides is 3. The van der Waals surface area contributed by atoms with E-state index in [2.05, 4.69) is 74.5 Å². The first kappa shape index (κ1) is 50.7. The number of ether oxygens (including phenoxy) is 3. The molecule has 0 heterocycles. The molecule has 0 bridgehead atoms. The van der Waals surface area contributed by atoms with E-state index in [0.717, 1.165) is 44.5 Å². The lowest BCUT2D eigenvalue weighted by atomic mass is 9.98. The van der Waals surface area contributed by atoms with E-state index in [1.807, 2.05) is 48.5 Å². The van der Waals surface area contributed by atoms with E-state index in [0.29, 0.717) is 37.7 Å². The summed E-state index contributed by atoms with van der Waals surface area (Å²) in [6, 6.07) is 37.7. The van der Waals surface area contributed by atoms with Gasteiger partial charge in [0.05, 0.1) is 59.5 Å². The molecule has 0 fully saturated rings. The molecule has 3 N–H and O–H groups in total. The minimum absolute atomic E-state index is 0.0305. The minimum Gasteiger partial charge on any atom is -0.379 e. The summed E-state index contributed by atoms with van der Waals surface area (Å²) in [5, 5.41) is 11.7. The van der Waals surface area contributed by atoms with Crippen molar-refractivity contribution in [1.82, 2.24) is 10.6 Å². The van der Waals surface area contributed by atoms with Gasteiger partial charge in [-0.15, -0.1) is 0 Å². The van der Waals surface area contributed by atoms with Crippen molar-refractivity contribution >= 4 is 31.2 Å². The SMILES string of the molecule is CC(C)[C@H](NC(=O)CCOCCOCCOCCN=[N+]=[N-])C(=O)N[C@@H](C)C(=O)Nc1ccc(COP(=O)(OCC2c3ccccc3-c3ccccc32)OCC2c3ccccc3-c3ccccc32)cc1. The number of azide groups is 1. The van der Waals surface area contributed by atoms with Crippen LogP contribution in [0.5, 0.6) is 0 Å². The largest absolute Gasteiger partial charge is 0.475 e. The van der Waals surface area contributed by atoms with E-state index in [9.17, 15) is 18.9 Å². The number of carbonyl (C=O) groups is 3. The Morgan fingerprint density at radius 2 is 1.07 bits per heavy atom. The second-order valence-electron chi connectivity index (χ2n) is 17.0. The number of rotatable bonds is 27. The van der Waals surface area contributed by atoms with Gasteiger partial charge in [0.2, 0.25) is 17.7 Å². The first-order valence-electron chi connectivity index (χ1n) is 23.2. The van der Waals surface area contributed by atoms with Crippen LogP contribution in [-0.2, 0) is 53.3 Å². The maximum absolute atomic E-state index is 14.8. The van der Waals surface area contributed by atoms with Crippen LogP contribution in [0, 0.1) is 5.92 Å². The number of anilines is 1. The van der Waals surface area contributed by atoms with Gasteiger partial charge in [0.1, 0.15) is 12.1 Å². The number of hydrogen-bond donors (Lipinski definition) is 3. The van der Waals surface area contributed by atoms with E-state index >= 15 is 0 Å². The van der Waals surface area contributed by atoms with Gasteiger partial charge in [-0.3, -0.25) is 28.0 Å². The van der Waals surface area contributed by atoms with Crippen LogP contribution in [0.15, 0.2) is 126 Å². The zero-order valence-corrected chi connectivity index (χ0v) is 40.0. The monoisotopic (exact) mass is 958 g/mol. The van der Waals surface area contributed by atoms with Crippen LogP contribution in [0.3, 0.4) is 0 Å². The summed E-state index contributed by atoms with van der Waals surface area (Å²) in [6.07, 6.45) is 0.0305. The summed E-state index contributed by atoms with van der Waals surface area (Å²) >= 11 is 0. The van der Waals surface area contributed by atoms with Crippen molar-refractivity contribution in [3.8, 4) is 22.3 Å². The van der Waals surface area contributed by atoms with Crippen molar-refractivity contribution in [2.75, 3.05) is 64.7 Å². The topological polar surface area (TPSA) is 209 Å². The molecule has 0 radical (unpaired) electrons. The third kappa shape index (κ3) is 13.5. The van der Waals surface area contributed by atoms with E-state index < -0.39 is 31.7 Å². The molecule has 0 saturated heterocycles. The van der Waals surface area contributed by atoms with Gasteiger partial charge < -0.3 is 30.2 Å². The summed E-state index contributed by atoms with van der Waals surface area (Å²) in [6.45, 7) is 7.19. The second-order valence-corrected chi connectivity index (χ2v) is 18.7. The average Bonchev–Trinajstić information content (AvgIpc) is 3.86. The van der Waals surface area contributed by atoms with Crippen molar-refractivity contribution in [2.24, 2.45) is 11.0 Å². The van der Waals surface area contributed by atoms with Gasteiger partial charge in [-0.2, -0.15) is 0 Å². The number of nitrogens with one attached hydrogen (secondary N) is 3. The quantitative estimate of drug-likeness (QED) is 0.0149. The molecule has 2 aliphatic carbocycles. The van der Waals surface area contributed by atoms with Gasteiger partial charge >= 0.3 is 7.82 Å². The standard InChI is InChI=1S/C52H59N6O10P/c1-35(2)50(57-49(59)24-26-63-28-30-65-31-29-64-27-25-54-58-53)52(61)55-36(3)51(60)56-38-22-20-37(21-23-38)32-66-69(62,67-33-47-43-16-8-4-12-39(43)40-13-5-9-17-44(40)47)68-34-48-45-18-10-6-14-41(45)42-15-7-11-19-46(42)48/h4-23,35-36,47-48,50H,24-34H2,1-3H3,(H,55,61)(H,56,60)(H,57,59)/t36-,50-/m0/s1. The van der Waals surface area contributed by atoms with Gasteiger partial charge in [-0.25, -0.2) is 4.57 Å². The van der Waals surface area contributed by atoms with Crippen LogP contribution < -0.4 is 16.0 Å². The van der Waals surface area contributed by atoms with Gasteiger partial charge in [0.15, 0.2) is 0 Å². The maximum atomic E-state index is 14.8. The van der Waals surface area contributed by atoms with E-state index in [-0.39, 0.29) is 69.7 Å². The predicted octanol–water partition coefficient (Wildman–Crippen LogP) is 9.30. The van der Waals surface area contributed by atoms with Crippen molar-refractivity contribution < 1.29 is 46.7 Å². The number of phosphoric ester groups is 1. The molecule has 2 atom stereocenters. The Balaban J connectivity index is 0.908. The summed E-state index contributed by atoms with van der Waals surface area (Å²) in [4.78, 5) is 41.9. The van der Waals surface area contributed by atoms with Crippen LogP contribution in [0.4, 0.5) is 5.69 Å². The van der Waals surface area contributed by atoms with E-state index in [4.69, 9.17) is 33.3 Å². The minimum atomic E-state index is -4.20. The highest BCUT2D eigenvalue weighted by atomic mass is 31.2. The third-order valence-corrected chi connectivity index (χ3v) is 13.3. The molecule has 3 amide bonds. The lowest BCUT2D eigenvalue weighted by molar-refractivity contribution is -0.132. The number of fused-ring (bicyclic) bond motifs is 6. The number of benzene rings is 5. The highest BCUT2D eigenvalue weighted by molar-refractivity contribution is 7.48. The maximum Gasteiger partial charge on any atom is 0.475 e. The molecule has 17 heteroatoms. The summed E-state index contributed by atoms with van der Waals surface area (Å²) in [5.74, 6) is -1.96.